The van der Waals surface area contributed by atoms with E-state index in [0.717, 1.165) is 0 Å². The zero-order chi connectivity index (χ0) is 23.9. The number of allylic oxidation sites excluding steroid dienone is 2. The summed E-state index contributed by atoms with van der Waals surface area (Å²) in [7, 11) is 0. The van der Waals surface area contributed by atoms with Crippen LogP contribution in [0.25, 0.3) is 0 Å². The van der Waals surface area contributed by atoms with Gasteiger partial charge in [0.15, 0.2) is 11.6 Å². The van der Waals surface area contributed by atoms with Crippen molar-refractivity contribution in [3.8, 4) is 0 Å². The van der Waals surface area contributed by atoms with Crippen LogP contribution in [0.4, 0.5) is 0 Å². The molecule has 0 aromatic carbocycles. The van der Waals surface area contributed by atoms with Gasteiger partial charge < -0.3 is 14.9 Å². The van der Waals surface area contributed by atoms with Crippen LogP contribution in [0.3, 0.4) is 0 Å². The molecule has 27 heavy (non-hydrogen) atoms. The first-order chi connectivity index (χ1) is 14.5. The largest absolute Gasteiger partial charge is 0.388 e. The van der Waals surface area contributed by atoms with Gasteiger partial charge in [-0.2, -0.15) is 0 Å². The Morgan fingerprint density at radius 1 is 1.48 bits per heavy atom. The normalized spacial score (nSPS) is 60.6. The summed E-state index contributed by atoms with van der Waals surface area (Å²) in [6.07, 6.45) is 1.10. The molecule has 1 heterocycles. The Kier molecular flexibility index (Phi) is 2.41. The van der Waals surface area contributed by atoms with E-state index >= 15 is 0 Å². The van der Waals surface area contributed by atoms with Crippen LogP contribution in [-0.2, 0) is 14.3 Å². The highest BCUT2D eigenvalue weighted by Crippen LogP contribution is 2.76. The van der Waals surface area contributed by atoms with Crippen molar-refractivity contribution in [2.24, 2.45) is 28.6 Å². The molecule has 2 N–H and O–H groups in total. The number of Topliss-reactive ketones (excluding diaryl/α,β-unsaturated/α-hetero) is 1. The predicted octanol–water partition coefficient (Wildman–Crippen LogP) is 1.96. The number of fused-ring (bicyclic) bond motifs is 3. The van der Waals surface area contributed by atoms with E-state index < -0.39 is 64.5 Å². The molecule has 146 valence electrons. The second kappa shape index (κ2) is 5.00. The van der Waals surface area contributed by atoms with E-state index in [2.05, 4.69) is 0 Å². The molecule has 2 unspecified atom stereocenters. The average Bonchev–Trinajstić information content (AvgIpc) is 3.35. The molecule has 0 radical (unpaired) electrons. The van der Waals surface area contributed by atoms with Gasteiger partial charge in [-0.05, 0) is 62.4 Å². The molecule has 4 fully saturated rings. The van der Waals surface area contributed by atoms with Crippen molar-refractivity contribution in [2.75, 3.05) is 6.56 Å². The van der Waals surface area contributed by atoms with E-state index in [9.17, 15) is 19.8 Å². The summed E-state index contributed by atoms with van der Waals surface area (Å²) < 4.78 is 47.3. The van der Waals surface area contributed by atoms with Crippen LogP contribution in [0.5, 0.6) is 0 Å². The Morgan fingerprint density at radius 2 is 2.22 bits per heavy atom. The Labute approximate surface area is 166 Å². The number of epoxide rings is 1. The molecule has 0 amide bonds. The molecule has 8 atom stereocenters. The van der Waals surface area contributed by atoms with Crippen molar-refractivity contribution in [3.63, 3.8) is 0 Å². The van der Waals surface area contributed by atoms with Crippen molar-refractivity contribution < 1.29 is 31.4 Å². The Bertz CT molecular complexity index is 1020. The zero-order valence-electron chi connectivity index (χ0n) is 20.7. The van der Waals surface area contributed by atoms with Crippen LogP contribution >= 0.6 is 0 Å². The minimum atomic E-state index is -3.20. The number of rotatable bonds is 2. The van der Waals surface area contributed by atoms with Gasteiger partial charge in [0.1, 0.15) is 17.8 Å². The molecule has 5 heteroatoms. The predicted molar refractivity (Wildman–Crippen MR) is 97.7 cm³/mol. The Morgan fingerprint density at radius 3 is 2.93 bits per heavy atom. The smallest absolute Gasteiger partial charge is 0.190 e. The lowest BCUT2D eigenvalue weighted by molar-refractivity contribution is -0.165. The number of ketones is 2. The number of carbonyl (C=O) groups is 2. The van der Waals surface area contributed by atoms with Gasteiger partial charge in [0.05, 0.1) is 10.2 Å². The zero-order valence-corrected chi connectivity index (χ0v) is 15.7. The quantitative estimate of drug-likeness (QED) is 0.719. The summed E-state index contributed by atoms with van der Waals surface area (Å²) >= 11 is 0. The van der Waals surface area contributed by atoms with Gasteiger partial charge >= 0.3 is 0 Å². The third-order valence-electron chi connectivity index (χ3n) is 8.51. The lowest BCUT2D eigenvalue weighted by Crippen LogP contribution is -2.62. The molecule has 3 saturated carbocycles. The highest BCUT2D eigenvalue weighted by atomic mass is 16.6. The summed E-state index contributed by atoms with van der Waals surface area (Å²) in [5.41, 5.74) is -5.00. The number of aliphatic hydroxyl groups is 2. The highest BCUT2D eigenvalue weighted by Gasteiger charge is 2.81. The molecule has 5 nitrogen and oxygen atoms in total. The minimum absolute atomic E-state index is 0.0266. The first-order valence-corrected chi connectivity index (χ1v) is 9.61. The van der Waals surface area contributed by atoms with E-state index in [1.54, 1.807) is 26.8 Å². The van der Waals surface area contributed by atoms with Gasteiger partial charge in [-0.1, -0.05) is 25.5 Å². The summed E-state index contributed by atoms with van der Waals surface area (Å²) in [4.78, 5) is 25.2. The van der Waals surface area contributed by atoms with Crippen LogP contribution in [-0.4, -0.2) is 45.6 Å². The van der Waals surface area contributed by atoms with Crippen LogP contribution in [0, 0.1) is 28.6 Å². The molecule has 4 aliphatic carbocycles. The summed E-state index contributed by atoms with van der Waals surface area (Å²) in [5.74, 6) is -3.24. The molecule has 1 saturated heterocycles. The first-order valence-electron chi connectivity index (χ1n) is 12.1. The second-order valence-electron chi connectivity index (χ2n) is 9.36. The third-order valence-corrected chi connectivity index (χ3v) is 8.51. The summed E-state index contributed by atoms with van der Waals surface area (Å²) in [5, 5.41) is 21.5. The van der Waals surface area contributed by atoms with Crippen molar-refractivity contribution >= 4 is 11.6 Å². The van der Waals surface area contributed by atoms with Crippen molar-refractivity contribution in [2.45, 2.75) is 63.7 Å². The molecular formula is C22H28O5. The van der Waals surface area contributed by atoms with Crippen molar-refractivity contribution in [3.05, 3.63) is 23.8 Å². The van der Waals surface area contributed by atoms with E-state index in [1.165, 1.54) is 6.08 Å². The Balaban J connectivity index is 1.66. The fraction of sp³-hybridized carbons (Fsp3) is 0.727. The fourth-order valence-electron chi connectivity index (χ4n) is 7.07. The molecule has 1 aliphatic heterocycles. The lowest BCUT2D eigenvalue weighted by Gasteiger charge is -2.55. The maximum atomic E-state index is 13.0. The van der Waals surface area contributed by atoms with E-state index in [-0.39, 0.29) is 30.4 Å². The van der Waals surface area contributed by atoms with Gasteiger partial charge in [-0.15, -0.1) is 0 Å². The maximum Gasteiger partial charge on any atom is 0.190 e. The first kappa shape index (κ1) is 13.0. The van der Waals surface area contributed by atoms with Crippen LogP contribution < -0.4 is 0 Å². The molecule has 0 aromatic heterocycles. The average molecular weight is 377 g/mol. The lowest BCUT2D eigenvalue weighted by atomic mass is 9.46. The topological polar surface area (TPSA) is 87.1 Å². The molecule has 5 aliphatic rings. The number of carbonyl (C=O) groups excluding carboxylic acids is 2. The van der Waals surface area contributed by atoms with Crippen LogP contribution in [0.1, 0.15) is 53.3 Å². The summed E-state index contributed by atoms with van der Waals surface area (Å²) in [6, 6.07) is -0.338. The van der Waals surface area contributed by atoms with Gasteiger partial charge in [0.2, 0.25) is 0 Å². The van der Waals surface area contributed by atoms with Gasteiger partial charge in [0, 0.05) is 13.6 Å². The van der Waals surface area contributed by atoms with E-state index in [4.69, 9.17) is 11.6 Å². The fourth-order valence-corrected chi connectivity index (χ4v) is 7.07. The minimum Gasteiger partial charge on any atom is -0.388 e. The van der Waals surface area contributed by atoms with Gasteiger partial charge in [-0.3, -0.25) is 9.59 Å². The summed E-state index contributed by atoms with van der Waals surface area (Å²) in [6.45, 7) is 1.98. The number of hydrogen-bond donors (Lipinski definition) is 2. The molecule has 0 aromatic rings. The maximum absolute atomic E-state index is 13.0. The van der Waals surface area contributed by atoms with Crippen molar-refractivity contribution in [1.29, 1.82) is 0 Å². The van der Waals surface area contributed by atoms with Gasteiger partial charge in [-0.25, -0.2) is 0 Å². The monoisotopic (exact) mass is 377 g/mol. The molecule has 5 rings (SSSR count). The standard InChI is InChI=1S/C22H28O5/c1-12-8-16-15-5-4-13-9-14(24)6-7-19(13,2)22(15)18(27-22)10-20(16,3)21(12,26)17(25)11-23/h6-7,9,12,15-16,18,23,26H,4-5,8,10-11H2,1-3H3/t12-,15+,16-,18+,19-,20-,21?,22?/m0/s1/i4D2,9D,11D2. The Hall–Kier alpha value is -1.30. The number of ether oxygens (including phenoxy) is 1. The number of hydrogen-bond acceptors (Lipinski definition) is 5. The molecular weight excluding hydrogens is 344 g/mol. The highest BCUT2D eigenvalue weighted by molar-refractivity contribution is 6.01. The molecule has 0 bridgehead atoms. The third kappa shape index (κ3) is 1.73. The van der Waals surface area contributed by atoms with Gasteiger partial charge in [0.25, 0.3) is 0 Å². The molecule has 1 spiro atoms. The van der Waals surface area contributed by atoms with Crippen molar-refractivity contribution in [1.82, 2.24) is 0 Å². The van der Waals surface area contributed by atoms with Crippen LogP contribution in [0.2, 0.25) is 0 Å². The SMILES string of the molecule is [2H]C1=C2C([2H])([2H])C[C@@H]3[C@@H]4C[C@H](C)C(O)(C(=O)C([2H])([2H])O)[C@@]4(C)C[C@H]4OC34[C@@]2(C)C=CC1=O. The van der Waals surface area contributed by atoms with Crippen LogP contribution in [0.15, 0.2) is 23.8 Å². The van der Waals surface area contributed by atoms with E-state index in [0.29, 0.717) is 6.42 Å². The van der Waals surface area contributed by atoms with E-state index in [1.807, 2.05) is 0 Å². The second-order valence-corrected chi connectivity index (χ2v) is 9.36.